The number of aryl methyl sites for hydroxylation is 1. The number of hydrogen-bond acceptors (Lipinski definition) is 6. The minimum atomic E-state index is 0.0921. The smallest absolute Gasteiger partial charge is 0.162 e. The molecule has 0 aliphatic heterocycles. The summed E-state index contributed by atoms with van der Waals surface area (Å²) in [7, 11) is 3.25. The molecule has 0 fully saturated rings. The van der Waals surface area contributed by atoms with Gasteiger partial charge in [-0.2, -0.15) is 0 Å². The van der Waals surface area contributed by atoms with Gasteiger partial charge >= 0.3 is 0 Å². The van der Waals surface area contributed by atoms with Crippen LogP contribution in [-0.2, 0) is 0 Å². The topological polar surface area (TPSA) is 56.3 Å². The van der Waals surface area contributed by atoms with Crippen LogP contribution in [0.25, 0.3) is 23.1 Å². The molecule has 31 heavy (non-hydrogen) atoms. The van der Waals surface area contributed by atoms with Crippen molar-refractivity contribution in [3.8, 4) is 11.5 Å². The van der Waals surface area contributed by atoms with E-state index in [4.69, 9.17) is 9.47 Å². The van der Waals surface area contributed by atoms with Crippen molar-refractivity contribution in [2.24, 2.45) is 0 Å². The standard InChI is InChI=1S/C25H25N3O2S/c1-16(24-13-12-19(31-24)11-10-18-8-6-5-7-9-18)26-25-20-14-22(29-3)23(30-4)15-21(20)27-17(2)28-25/h5-16H,1-4H3,(H,26,27,28)/b11-10+/t16-/m0/s1. The molecule has 0 saturated heterocycles. The largest absolute Gasteiger partial charge is 0.493 e. The number of nitrogens with one attached hydrogen (secondary N) is 1. The van der Waals surface area contributed by atoms with E-state index in [1.54, 1.807) is 25.6 Å². The lowest BCUT2D eigenvalue weighted by Gasteiger charge is -2.16. The second-order valence-corrected chi connectivity index (χ2v) is 8.34. The monoisotopic (exact) mass is 431 g/mol. The van der Waals surface area contributed by atoms with Gasteiger partial charge in [0.1, 0.15) is 11.6 Å². The molecule has 0 saturated carbocycles. The van der Waals surface area contributed by atoms with Crippen molar-refractivity contribution >= 4 is 40.2 Å². The number of methoxy groups -OCH3 is 2. The number of benzene rings is 2. The molecular formula is C25H25N3O2S. The summed E-state index contributed by atoms with van der Waals surface area (Å²) in [6.07, 6.45) is 4.28. The number of ether oxygens (including phenoxy) is 2. The molecule has 2 aromatic heterocycles. The molecule has 158 valence electrons. The number of rotatable bonds is 7. The summed E-state index contributed by atoms with van der Waals surface area (Å²) < 4.78 is 10.9. The van der Waals surface area contributed by atoms with Gasteiger partial charge in [-0.25, -0.2) is 9.97 Å². The first-order valence-corrected chi connectivity index (χ1v) is 10.9. The first-order chi connectivity index (χ1) is 15.1. The fourth-order valence-electron chi connectivity index (χ4n) is 3.39. The number of aromatic nitrogens is 2. The van der Waals surface area contributed by atoms with E-state index >= 15 is 0 Å². The van der Waals surface area contributed by atoms with Crippen molar-refractivity contribution in [3.63, 3.8) is 0 Å². The van der Waals surface area contributed by atoms with E-state index in [-0.39, 0.29) is 6.04 Å². The van der Waals surface area contributed by atoms with Crippen LogP contribution in [0.15, 0.2) is 54.6 Å². The van der Waals surface area contributed by atoms with Crippen molar-refractivity contribution in [2.45, 2.75) is 19.9 Å². The number of fused-ring (bicyclic) bond motifs is 1. The molecule has 0 aliphatic rings. The van der Waals surface area contributed by atoms with E-state index in [0.29, 0.717) is 17.3 Å². The Labute approximate surface area is 186 Å². The zero-order valence-corrected chi connectivity index (χ0v) is 18.9. The molecular weight excluding hydrogens is 406 g/mol. The van der Waals surface area contributed by atoms with Crippen LogP contribution in [0.5, 0.6) is 11.5 Å². The molecule has 1 atom stereocenters. The molecule has 2 aromatic carbocycles. The van der Waals surface area contributed by atoms with Gasteiger partial charge in [0.2, 0.25) is 0 Å². The van der Waals surface area contributed by atoms with E-state index < -0.39 is 0 Å². The SMILES string of the molecule is COc1cc2nc(C)nc(N[C@@H](C)c3ccc(/C=C/c4ccccc4)s3)c2cc1OC. The molecule has 0 spiro atoms. The molecule has 5 nitrogen and oxygen atoms in total. The van der Waals surface area contributed by atoms with Crippen molar-refractivity contribution in [1.29, 1.82) is 0 Å². The number of nitrogens with zero attached hydrogens (tertiary/aromatic N) is 2. The van der Waals surface area contributed by atoms with Crippen LogP contribution in [0.2, 0.25) is 0 Å². The summed E-state index contributed by atoms with van der Waals surface area (Å²) in [5.74, 6) is 2.79. The Morgan fingerprint density at radius 3 is 2.42 bits per heavy atom. The fraction of sp³-hybridized carbons (Fsp3) is 0.200. The Bertz CT molecular complexity index is 1220. The zero-order valence-electron chi connectivity index (χ0n) is 18.0. The quantitative estimate of drug-likeness (QED) is 0.369. The molecule has 0 radical (unpaired) electrons. The van der Waals surface area contributed by atoms with Gasteiger partial charge in [-0.05, 0) is 43.7 Å². The van der Waals surface area contributed by atoms with Crippen LogP contribution < -0.4 is 14.8 Å². The number of hydrogen-bond donors (Lipinski definition) is 1. The Morgan fingerprint density at radius 2 is 1.68 bits per heavy atom. The molecule has 0 amide bonds. The molecule has 6 heteroatoms. The van der Waals surface area contributed by atoms with Crippen molar-refractivity contribution < 1.29 is 9.47 Å². The maximum absolute atomic E-state index is 5.47. The third-order valence-electron chi connectivity index (χ3n) is 4.98. The Hall–Kier alpha value is -3.38. The Kier molecular flexibility index (Phi) is 6.18. The highest BCUT2D eigenvalue weighted by molar-refractivity contribution is 7.13. The van der Waals surface area contributed by atoms with Crippen molar-refractivity contribution in [1.82, 2.24) is 9.97 Å². The summed E-state index contributed by atoms with van der Waals surface area (Å²) in [5, 5.41) is 4.46. The van der Waals surface area contributed by atoms with Gasteiger partial charge in [-0.15, -0.1) is 11.3 Å². The molecule has 4 aromatic rings. The summed E-state index contributed by atoms with van der Waals surface area (Å²) in [5.41, 5.74) is 2.01. The second kappa shape index (κ2) is 9.18. The van der Waals surface area contributed by atoms with Crippen molar-refractivity contribution in [3.05, 3.63) is 75.7 Å². The van der Waals surface area contributed by atoms with Crippen LogP contribution in [0.1, 0.15) is 34.1 Å². The lowest BCUT2D eigenvalue weighted by Crippen LogP contribution is -2.08. The normalized spacial score (nSPS) is 12.3. The first kappa shape index (κ1) is 20.9. The van der Waals surface area contributed by atoms with E-state index in [2.05, 4.69) is 58.6 Å². The number of anilines is 1. The second-order valence-electron chi connectivity index (χ2n) is 7.19. The minimum Gasteiger partial charge on any atom is -0.493 e. The summed E-state index contributed by atoms with van der Waals surface area (Å²) in [6.45, 7) is 4.03. The van der Waals surface area contributed by atoms with Crippen molar-refractivity contribution in [2.75, 3.05) is 19.5 Å². The van der Waals surface area contributed by atoms with Crippen LogP contribution in [0, 0.1) is 6.92 Å². The lowest BCUT2D eigenvalue weighted by molar-refractivity contribution is 0.356. The maximum atomic E-state index is 5.47. The Balaban J connectivity index is 1.59. The fourth-order valence-corrected chi connectivity index (χ4v) is 4.31. The first-order valence-electron chi connectivity index (χ1n) is 10.1. The predicted octanol–water partition coefficient (Wildman–Crippen LogP) is 6.36. The predicted molar refractivity (Wildman–Crippen MR) is 129 cm³/mol. The Morgan fingerprint density at radius 1 is 0.935 bits per heavy atom. The molecule has 0 aliphatic carbocycles. The summed E-state index contributed by atoms with van der Waals surface area (Å²) in [6, 6.07) is 18.5. The lowest BCUT2D eigenvalue weighted by atomic mass is 10.2. The highest BCUT2D eigenvalue weighted by atomic mass is 32.1. The van der Waals surface area contributed by atoms with Crippen LogP contribution in [0.4, 0.5) is 5.82 Å². The van der Waals surface area contributed by atoms with Gasteiger partial charge in [0, 0.05) is 21.2 Å². The highest BCUT2D eigenvalue weighted by Gasteiger charge is 2.15. The van der Waals surface area contributed by atoms with Gasteiger partial charge in [-0.1, -0.05) is 36.4 Å². The van der Waals surface area contributed by atoms with E-state index in [9.17, 15) is 0 Å². The van der Waals surface area contributed by atoms with Crippen LogP contribution in [0.3, 0.4) is 0 Å². The maximum Gasteiger partial charge on any atom is 0.162 e. The van der Waals surface area contributed by atoms with E-state index in [1.165, 1.54) is 15.3 Å². The average Bonchev–Trinajstić information content (AvgIpc) is 3.26. The van der Waals surface area contributed by atoms with Crippen LogP contribution in [-0.4, -0.2) is 24.2 Å². The molecule has 2 heterocycles. The molecule has 4 rings (SSSR count). The van der Waals surface area contributed by atoms with Gasteiger partial charge in [0.15, 0.2) is 11.5 Å². The zero-order chi connectivity index (χ0) is 21.8. The average molecular weight is 432 g/mol. The van der Waals surface area contributed by atoms with Gasteiger partial charge in [-0.3, -0.25) is 0 Å². The number of thiophene rings is 1. The van der Waals surface area contributed by atoms with Gasteiger partial charge in [0.25, 0.3) is 0 Å². The summed E-state index contributed by atoms with van der Waals surface area (Å²) in [4.78, 5) is 11.7. The van der Waals surface area contributed by atoms with E-state index in [1.807, 2.05) is 37.3 Å². The molecule has 0 bridgehead atoms. The molecule has 0 unspecified atom stereocenters. The minimum absolute atomic E-state index is 0.0921. The van der Waals surface area contributed by atoms with Gasteiger partial charge in [0.05, 0.1) is 25.8 Å². The van der Waals surface area contributed by atoms with Crippen LogP contribution >= 0.6 is 11.3 Å². The summed E-state index contributed by atoms with van der Waals surface area (Å²) >= 11 is 1.77. The molecule has 1 N–H and O–H groups in total. The highest BCUT2D eigenvalue weighted by Crippen LogP contribution is 2.35. The third kappa shape index (κ3) is 4.70. The van der Waals surface area contributed by atoms with E-state index in [0.717, 1.165) is 16.7 Å². The van der Waals surface area contributed by atoms with Gasteiger partial charge < -0.3 is 14.8 Å². The third-order valence-corrected chi connectivity index (χ3v) is 6.21.